The van der Waals surface area contributed by atoms with Gasteiger partial charge in [-0.05, 0) is 43.7 Å². The Morgan fingerprint density at radius 1 is 1.30 bits per heavy atom. The maximum absolute atomic E-state index is 12.9. The highest BCUT2D eigenvalue weighted by atomic mass is 32.1. The van der Waals surface area contributed by atoms with Gasteiger partial charge in [0, 0.05) is 42.9 Å². The molecule has 2 saturated heterocycles. The van der Waals surface area contributed by atoms with Crippen molar-refractivity contribution < 1.29 is 9.53 Å². The van der Waals surface area contributed by atoms with E-state index >= 15 is 0 Å². The minimum atomic E-state index is -0.240. The van der Waals surface area contributed by atoms with Crippen LogP contribution in [0.2, 0.25) is 0 Å². The molecule has 158 valence electrons. The molecule has 0 aliphatic carbocycles. The first-order valence-electron chi connectivity index (χ1n) is 11.0. The van der Waals surface area contributed by atoms with E-state index in [9.17, 15) is 4.79 Å². The Balaban J connectivity index is 1.41. The number of ether oxygens (including phenoxy) is 1. The van der Waals surface area contributed by atoms with E-state index in [2.05, 4.69) is 52.5 Å². The second-order valence-electron chi connectivity index (χ2n) is 8.16. The Hall–Kier alpha value is -2.38. The lowest BCUT2D eigenvalue weighted by Gasteiger charge is -2.33. The number of imidazole rings is 1. The number of aryl methyl sites for hydroxylation is 1. The molecule has 2 aliphatic heterocycles. The SMILES string of the molecule is CCc1ccccc1Nc1nc([C@@H]2CCCN(C(=O)[C@H]3CCCO3)C2)c2sccn12. The van der Waals surface area contributed by atoms with Crippen LogP contribution in [0.25, 0.3) is 4.83 Å². The topological polar surface area (TPSA) is 58.9 Å². The van der Waals surface area contributed by atoms with Crippen LogP contribution < -0.4 is 5.32 Å². The zero-order valence-electron chi connectivity index (χ0n) is 17.3. The van der Waals surface area contributed by atoms with Gasteiger partial charge < -0.3 is 15.0 Å². The molecule has 2 atom stereocenters. The molecule has 0 spiro atoms. The smallest absolute Gasteiger partial charge is 0.251 e. The summed E-state index contributed by atoms with van der Waals surface area (Å²) in [5.74, 6) is 1.27. The van der Waals surface area contributed by atoms with Crippen molar-refractivity contribution >= 4 is 33.7 Å². The molecule has 1 amide bonds. The highest BCUT2D eigenvalue weighted by molar-refractivity contribution is 7.15. The number of para-hydroxylation sites is 1. The lowest BCUT2D eigenvalue weighted by atomic mass is 9.94. The molecule has 2 aliphatic rings. The normalized spacial score (nSPS) is 22.0. The minimum absolute atomic E-state index is 0.161. The van der Waals surface area contributed by atoms with Crippen LogP contribution in [0.4, 0.5) is 11.6 Å². The lowest BCUT2D eigenvalue weighted by Crippen LogP contribution is -2.44. The average Bonchev–Trinajstić information content (AvgIpc) is 3.53. The van der Waals surface area contributed by atoms with E-state index in [-0.39, 0.29) is 17.9 Å². The molecule has 0 unspecified atom stereocenters. The quantitative estimate of drug-likeness (QED) is 0.651. The van der Waals surface area contributed by atoms with Crippen LogP contribution in [0.1, 0.15) is 49.8 Å². The van der Waals surface area contributed by atoms with Gasteiger partial charge in [0.25, 0.3) is 5.91 Å². The van der Waals surface area contributed by atoms with Crippen LogP contribution in [-0.2, 0) is 16.0 Å². The van der Waals surface area contributed by atoms with Gasteiger partial charge in [0.05, 0.1) is 5.69 Å². The Morgan fingerprint density at radius 2 is 2.20 bits per heavy atom. The van der Waals surface area contributed by atoms with Gasteiger partial charge in [-0.1, -0.05) is 25.1 Å². The maximum atomic E-state index is 12.9. The van der Waals surface area contributed by atoms with Crippen LogP contribution in [0.5, 0.6) is 0 Å². The number of hydrogen-bond acceptors (Lipinski definition) is 5. The van der Waals surface area contributed by atoms with Crippen molar-refractivity contribution in [1.82, 2.24) is 14.3 Å². The number of amides is 1. The van der Waals surface area contributed by atoms with Gasteiger partial charge >= 0.3 is 0 Å². The number of nitrogens with one attached hydrogen (secondary N) is 1. The van der Waals surface area contributed by atoms with Gasteiger partial charge in [0.15, 0.2) is 0 Å². The van der Waals surface area contributed by atoms with Crippen LogP contribution in [-0.4, -0.2) is 46.0 Å². The second-order valence-corrected chi connectivity index (χ2v) is 9.05. The Bertz CT molecular complexity index is 1040. The van der Waals surface area contributed by atoms with Crippen LogP contribution in [0, 0.1) is 0 Å². The molecule has 0 saturated carbocycles. The first-order chi connectivity index (χ1) is 14.7. The highest BCUT2D eigenvalue weighted by Gasteiger charge is 2.33. The van der Waals surface area contributed by atoms with Gasteiger partial charge in [-0.15, -0.1) is 11.3 Å². The fourth-order valence-electron chi connectivity index (χ4n) is 4.65. The van der Waals surface area contributed by atoms with E-state index in [0.717, 1.165) is 62.5 Å². The summed E-state index contributed by atoms with van der Waals surface area (Å²) in [6, 6.07) is 8.38. The number of anilines is 2. The Kier molecular flexibility index (Phi) is 5.48. The third-order valence-electron chi connectivity index (χ3n) is 6.25. The van der Waals surface area contributed by atoms with Gasteiger partial charge in [-0.2, -0.15) is 0 Å². The molecule has 4 heterocycles. The molecular weight excluding hydrogens is 396 g/mol. The number of hydrogen-bond donors (Lipinski definition) is 1. The summed E-state index contributed by atoms with van der Waals surface area (Å²) in [5, 5.41) is 5.66. The van der Waals surface area contributed by atoms with E-state index < -0.39 is 0 Å². The molecule has 1 aromatic carbocycles. The summed E-state index contributed by atoms with van der Waals surface area (Å²) in [5.41, 5.74) is 3.48. The summed E-state index contributed by atoms with van der Waals surface area (Å²) in [6.45, 7) is 4.43. The number of benzene rings is 1. The first-order valence-corrected chi connectivity index (χ1v) is 11.8. The standard InChI is InChI=1S/C23H28N4O2S/c1-2-16-7-3-4-9-18(16)24-23-25-20(22-27(23)12-14-30-22)17-8-5-11-26(15-17)21(28)19-10-6-13-29-19/h3-4,7,9,12,14,17,19H,2,5-6,8,10-11,13,15H2,1H3,(H,24,25)/t17-,19-/m1/s1. The predicted octanol–water partition coefficient (Wildman–Crippen LogP) is 4.59. The van der Waals surface area contributed by atoms with Gasteiger partial charge in [-0.25, -0.2) is 4.98 Å². The fraction of sp³-hybridized carbons (Fsp3) is 0.478. The number of carbonyl (C=O) groups excluding carboxylic acids is 1. The zero-order valence-corrected chi connectivity index (χ0v) is 18.2. The summed E-state index contributed by atoms with van der Waals surface area (Å²) < 4.78 is 7.79. The molecule has 2 aromatic heterocycles. The number of piperidine rings is 1. The number of rotatable bonds is 5. The minimum Gasteiger partial charge on any atom is -0.368 e. The number of thiazole rings is 1. The van der Waals surface area contributed by atoms with Crippen molar-refractivity contribution in [2.24, 2.45) is 0 Å². The zero-order chi connectivity index (χ0) is 20.5. The Morgan fingerprint density at radius 3 is 3.03 bits per heavy atom. The van der Waals surface area contributed by atoms with Crippen molar-refractivity contribution in [1.29, 1.82) is 0 Å². The number of aromatic nitrogens is 2. The average molecular weight is 425 g/mol. The molecule has 6 nitrogen and oxygen atoms in total. The Labute approximate surface area is 180 Å². The lowest BCUT2D eigenvalue weighted by molar-refractivity contribution is -0.142. The maximum Gasteiger partial charge on any atom is 0.251 e. The van der Waals surface area contributed by atoms with Crippen molar-refractivity contribution in [3.05, 3.63) is 47.1 Å². The van der Waals surface area contributed by atoms with Gasteiger partial charge in [0.2, 0.25) is 5.95 Å². The van der Waals surface area contributed by atoms with E-state index in [4.69, 9.17) is 9.72 Å². The molecule has 1 N–H and O–H groups in total. The molecule has 30 heavy (non-hydrogen) atoms. The monoisotopic (exact) mass is 424 g/mol. The molecular formula is C23H28N4O2S. The van der Waals surface area contributed by atoms with Crippen molar-refractivity contribution in [2.75, 3.05) is 25.0 Å². The number of carbonyl (C=O) groups is 1. The van der Waals surface area contributed by atoms with E-state index in [1.54, 1.807) is 11.3 Å². The highest BCUT2D eigenvalue weighted by Crippen LogP contribution is 2.35. The van der Waals surface area contributed by atoms with Crippen molar-refractivity contribution in [3.63, 3.8) is 0 Å². The van der Waals surface area contributed by atoms with Gasteiger partial charge in [0.1, 0.15) is 10.9 Å². The summed E-state index contributed by atoms with van der Waals surface area (Å²) in [7, 11) is 0. The summed E-state index contributed by atoms with van der Waals surface area (Å²) >= 11 is 1.72. The van der Waals surface area contributed by atoms with Crippen molar-refractivity contribution in [3.8, 4) is 0 Å². The van der Waals surface area contributed by atoms with Crippen LogP contribution in [0.15, 0.2) is 35.8 Å². The third-order valence-corrected chi connectivity index (χ3v) is 7.14. The van der Waals surface area contributed by atoms with Crippen LogP contribution in [0.3, 0.4) is 0 Å². The van der Waals surface area contributed by atoms with Gasteiger partial charge in [-0.3, -0.25) is 9.20 Å². The molecule has 0 bridgehead atoms. The van der Waals surface area contributed by atoms with E-state index in [1.165, 1.54) is 10.4 Å². The predicted molar refractivity (Wildman–Crippen MR) is 120 cm³/mol. The van der Waals surface area contributed by atoms with E-state index in [0.29, 0.717) is 6.61 Å². The van der Waals surface area contributed by atoms with Crippen LogP contribution >= 0.6 is 11.3 Å². The van der Waals surface area contributed by atoms with E-state index in [1.807, 2.05) is 4.90 Å². The first kappa shape index (κ1) is 19.6. The number of nitrogens with zero attached hydrogens (tertiary/aromatic N) is 3. The molecule has 2 fully saturated rings. The van der Waals surface area contributed by atoms with Crippen molar-refractivity contribution in [2.45, 2.75) is 51.0 Å². The number of fused-ring (bicyclic) bond motifs is 1. The molecule has 0 radical (unpaired) electrons. The second kappa shape index (κ2) is 8.40. The summed E-state index contributed by atoms with van der Waals surface area (Å²) in [4.78, 5) is 21.1. The number of likely N-dealkylation sites (tertiary alicyclic amines) is 1. The largest absolute Gasteiger partial charge is 0.368 e. The molecule has 7 heteroatoms. The molecule has 3 aromatic rings. The molecule has 5 rings (SSSR count). The third kappa shape index (κ3) is 3.61. The summed E-state index contributed by atoms with van der Waals surface area (Å²) in [6.07, 6.45) is 6.71. The fourth-order valence-corrected chi connectivity index (χ4v) is 5.55.